The molecule has 0 bridgehead atoms. The molecule has 0 saturated carbocycles. The van der Waals surface area contributed by atoms with Gasteiger partial charge in [-0.3, -0.25) is 4.79 Å². The number of carbonyl (C=O) groups is 1. The first kappa shape index (κ1) is 18.0. The van der Waals surface area contributed by atoms with E-state index in [1.54, 1.807) is 7.11 Å². The lowest BCUT2D eigenvalue weighted by atomic mass is 9.98. The highest BCUT2D eigenvalue weighted by Crippen LogP contribution is 2.19. The second kappa shape index (κ2) is 8.50. The summed E-state index contributed by atoms with van der Waals surface area (Å²) in [6.07, 6.45) is 0.825. The average molecular weight is 326 g/mol. The molecule has 1 N–H and O–H groups in total. The molecule has 2 aromatic rings. The van der Waals surface area contributed by atoms with E-state index >= 15 is 0 Å². The van der Waals surface area contributed by atoms with Gasteiger partial charge in [0, 0.05) is 18.7 Å². The quantitative estimate of drug-likeness (QED) is 0.851. The summed E-state index contributed by atoms with van der Waals surface area (Å²) in [5, 5.41) is 2.94. The number of methoxy groups -OCH3 is 1. The molecule has 128 valence electrons. The maximum atomic E-state index is 12.2. The maximum absolute atomic E-state index is 12.2. The van der Waals surface area contributed by atoms with Crippen molar-refractivity contribution in [2.24, 2.45) is 0 Å². The van der Waals surface area contributed by atoms with Crippen molar-refractivity contribution >= 4 is 5.91 Å². The van der Waals surface area contributed by atoms with E-state index in [2.05, 4.69) is 11.4 Å². The van der Waals surface area contributed by atoms with Crippen molar-refractivity contribution in [3.8, 4) is 5.75 Å². The van der Waals surface area contributed by atoms with Crippen LogP contribution in [0.4, 0.5) is 0 Å². The molecule has 2 aromatic carbocycles. The van der Waals surface area contributed by atoms with Crippen molar-refractivity contribution in [2.45, 2.75) is 13.3 Å². The fourth-order valence-electron chi connectivity index (χ4n) is 2.53. The third-order valence-corrected chi connectivity index (χ3v) is 3.98. The van der Waals surface area contributed by atoms with Gasteiger partial charge in [0.1, 0.15) is 5.75 Å². The molecular formula is C20H26N2O2. The van der Waals surface area contributed by atoms with Crippen LogP contribution in [0.15, 0.2) is 42.5 Å². The number of nitrogens with zero attached hydrogens (tertiary/aromatic N) is 1. The van der Waals surface area contributed by atoms with Crippen LogP contribution >= 0.6 is 0 Å². The first-order valence-corrected chi connectivity index (χ1v) is 8.15. The van der Waals surface area contributed by atoms with Gasteiger partial charge in [0.2, 0.25) is 0 Å². The molecule has 0 atom stereocenters. The Hall–Kier alpha value is -2.33. The Kier molecular flexibility index (Phi) is 6.38. The van der Waals surface area contributed by atoms with E-state index < -0.39 is 0 Å². The third-order valence-electron chi connectivity index (χ3n) is 3.98. The summed E-state index contributed by atoms with van der Waals surface area (Å²) >= 11 is 0. The molecule has 2 rings (SSSR count). The molecule has 0 spiro atoms. The fraction of sp³-hybridized carbons (Fsp3) is 0.350. The minimum Gasteiger partial charge on any atom is -0.497 e. The minimum absolute atomic E-state index is 0.0205. The summed E-state index contributed by atoms with van der Waals surface area (Å²) in [7, 11) is 5.65. The molecule has 0 aliphatic heterocycles. The lowest BCUT2D eigenvalue weighted by Gasteiger charge is -2.12. The predicted molar refractivity (Wildman–Crippen MR) is 97.9 cm³/mol. The van der Waals surface area contributed by atoms with Crippen LogP contribution in [0, 0.1) is 6.92 Å². The summed E-state index contributed by atoms with van der Waals surface area (Å²) in [6, 6.07) is 14.0. The summed E-state index contributed by atoms with van der Waals surface area (Å²) < 4.78 is 5.27. The number of hydrogen-bond donors (Lipinski definition) is 1. The topological polar surface area (TPSA) is 41.6 Å². The van der Waals surface area contributed by atoms with E-state index in [9.17, 15) is 4.79 Å². The Bertz CT molecular complexity index is 696. The molecule has 24 heavy (non-hydrogen) atoms. The van der Waals surface area contributed by atoms with Gasteiger partial charge in [0.05, 0.1) is 7.11 Å². The Morgan fingerprint density at radius 1 is 1.17 bits per heavy atom. The van der Waals surface area contributed by atoms with Crippen LogP contribution in [0.5, 0.6) is 5.75 Å². The molecule has 0 aromatic heterocycles. The van der Waals surface area contributed by atoms with Crippen LogP contribution in [0.1, 0.15) is 27.0 Å². The SMILES string of the molecule is COc1cccc(Cc2ccc(C(=O)NCCN(C)C)cc2C)c1. The number of rotatable bonds is 7. The van der Waals surface area contributed by atoms with E-state index in [0.29, 0.717) is 12.1 Å². The third kappa shape index (κ3) is 5.10. The number of nitrogens with one attached hydrogen (secondary N) is 1. The van der Waals surface area contributed by atoms with Crippen LogP contribution in [0.25, 0.3) is 0 Å². The van der Waals surface area contributed by atoms with Gasteiger partial charge in [-0.05, 0) is 68.4 Å². The highest BCUT2D eigenvalue weighted by atomic mass is 16.5. The fourth-order valence-corrected chi connectivity index (χ4v) is 2.53. The Labute approximate surface area is 144 Å². The number of aryl methyl sites for hydroxylation is 1. The Balaban J connectivity index is 2.04. The molecule has 1 amide bonds. The Morgan fingerprint density at radius 3 is 2.62 bits per heavy atom. The largest absolute Gasteiger partial charge is 0.497 e. The molecule has 0 saturated heterocycles. The van der Waals surface area contributed by atoms with Gasteiger partial charge in [0.25, 0.3) is 5.91 Å². The van der Waals surface area contributed by atoms with Gasteiger partial charge in [-0.1, -0.05) is 18.2 Å². The second-order valence-electron chi connectivity index (χ2n) is 6.23. The van der Waals surface area contributed by atoms with E-state index in [4.69, 9.17) is 4.74 Å². The van der Waals surface area contributed by atoms with Crippen LogP contribution in [-0.2, 0) is 6.42 Å². The molecular weight excluding hydrogens is 300 g/mol. The van der Waals surface area contributed by atoms with Crippen molar-refractivity contribution in [1.82, 2.24) is 10.2 Å². The zero-order valence-electron chi connectivity index (χ0n) is 14.9. The van der Waals surface area contributed by atoms with Crippen LogP contribution in [0.2, 0.25) is 0 Å². The van der Waals surface area contributed by atoms with Crippen LogP contribution in [-0.4, -0.2) is 45.1 Å². The van der Waals surface area contributed by atoms with E-state index in [1.807, 2.05) is 62.3 Å². The van der Waals surface area contributed by atoms with Gasteiger partial charge in [-0.15, -0.1) is 0 Å². The number of benzene rings is 2. The molecule has 0 aliphatic carbocycles. The van der Waals surface area contributed by atoms with Crippen LogP contribution in [0.3, 0.4) is 0 Å². The van der Waals surface area contributed by atoms with Crippen molar-refractivity contribution in [3.63, 3.8) is 0 Å². The number of hydrogen-bond acceptors (Lipinski definition) is 3. The second-order valence-corrected chi connectivity index (χ2v) is 6.23. The normalized spacial score (nSPS) is 10.7. The maximum Gasteiger partial charge on any atom is 0.251 e. The van der Waals surface area contributed by atoms with E-state index in [0.717, 1.165) is 24.3 Å². The summed E-state index contributed by atoms with van der Waals surface area (Å²) in [6.45, 7) is 3.53. The summed E-state index contributed by atoms with van der Waals surface area (Å²) in [5.74, 6) is 0.843. The molecule has 0 aliphatic rings. The van der Waals surface area contributed by atoms with Gasteiger partial charge >= 0.3 is 0 Å². The number of amides is 1. The van der Waals surface area contributed by atoms with E-state index in [1.165, 1.54) is 11.1 Å². The first-order chi connectivity index (χ1) is 11.5. The Morgan fingerprint density at radius 2 is 1.96 bits per heavy atom. The highest BCUT2D eigenvalue weighted by Gasteiger charge is 2.08. The lowest BCUT2D eigenvalue weighted by molar-refractivity contribution is 0.0951. The van der Waals surface area contributed by atoms with Gasteiger partial charge < -0.3 is 15.0 Å². The molecule has 0 heterocycles. The van der Waals surface area contributed by atoms with Gasteiger partial charge in [-0.25, -0.2) is 0 Å². The van der Waals surface area contributed by atoms with Crippen molar-refractivity contribution < 1.29 is 9.53 Å². The summed E-state index contributed by atoms with van der Waals surface area (Å²) in [5.41, 5.74) is 4.24. The van der Waals surface area contributed by atoms with Gasteiger partial charge in [0.15, 0.2) is 0 Å². The van der Waals surface area contributed by atoms with E-state index in [-0.39, 0.29) is 5.91 Å². The molecule has 4 nitrogen and oxygen atoms in total. The molecule has 0 fully saturated rings. The summed E-state index contributed by atoms with van der Waals surface area (Å²) in [4.78, 5) is 14.2. The minimum atomic E-state index is -0.0205. The van der Waals surface area contributed by atoms with Crippen molar-refractivity contribution in [3.05, 3.63) is 64.7 Å². The molecule has 0 unspecified atom stereocenters. The number of likely N-dealkylation sites (N-methyl/N-ethyl adjacent to an activating group) is 1. The monoisotopic (exact) mass is 326 g/mol. The lowest BCUT2D eigenvalue weighted by Crippen LogP contribution is -2.31. The molecule has 4 heteroatoms. The highest BCUT2D eigenvalue weighted by molar-refractivity contribution is 5.94. The number of ether oxygens (including phenoxy) is 1. The zero-order chi connectivity index (χ0) is 17.5. The standard InChI is InChI=1S/C20H26N2O2/c1-15-12-18(20(23)21-10-11-22(2)3)9-8-17(15)13-16-6-5-7-19(14-16)24-4/h5-9,12,14H,10-11,13H2,1-4H3,(H,21,23). The zero-order valence-corrected chi connectivity index (χ0v) is 14.9. The average Bonchev–Trinajstić information content (AvgIpc) is 2.56. The smallest absolute Gasteiger partial charge is 0.251 e. The van der Waals surface area contributed by atoms with Gasteiger partial charge in [-0.2, -0.15) is 0 Å². The van der Waals surface area contributed by atoms with Crippen LogP contribution < -0.4 is 10.1 Å². The number of carbonyl (C=O) groups excluding carboxylic acids is 1. The van der Waals surface area contributed by atoms with Crippen molar-refractivity contribution in [2.75, 3.05) is 34.3 Å². The predicted octanol–water partition coefficient (Wildman–Crippen LogP) is 2.89. The first-order valence-electron chi connectivity index (χ1n) is 8.15. The molecule has 0 radical (unpaired) electrons. The van der Waals surface area contributed by atoms with Crippen molar-refractivity contribution in [1.29, 1.82) is 0 Å².